The standard InChI is InChI=1S/C17H19N3O3/c1-2-6-15(21)19-10-9-14-13(11-19)16(17(22)23)18-20(14)12-7-4-3-5-8-12/h3-5,7-8H,2,6,9-11H2,1H3,(H,22,23). The van der Waals surface area contributed by atoms with Crippen molar-refractivity contribution in [2.24, 2.45) is 0 Å². The van der Waals surface area contributed by atoms with E-state index in [2.05, 4.69) is 5.10 Å². The summed E-state index contributed by atoms with van der Waals surface area (Å²) in [5, 5.41) is 13.7. The summed E-state index contributed by atoms with van der Waals surface area (Å²) in [6.45, 7) is 2.88. The quantitative estimate of drug-likeness (QED) is 0.939. The summed E-state index contributed by atoms with van der Waals surface area (Å²) in [7, 11) is 0. The van der Waals surface area contributed by atoms with E-state index < -0.39 is 5.97 Å². The summed E-state index contributed by atoms with van der Waals surface area (Å²) in [6, 6.07) is 9.48. The number of hydrogen-bond acceptors (Lipinski definition) is 3. The molecule has 0 radical (unpaired) electrons. The minimum absolute atomic E-state index is 0.0397. The highest BCUT2D eigenvalue weighted by atomic mass is 16.4. The van der Waals surface area contributed by atoms with Crippen molar-refractivity contribution >= 4 is 11.9 Å². The van der Waals surface area contributed by atoms with E-state index in [1.807, 2.05) is 37.3 Å². The highest BCUT2D eigenvalue weighted by Crippen LogP contribution is 2.26. The summed E-state index contributed by atoms with van der Waals surface area (Å²) in [5.41, 5.74) is 2.41. The third-order valence-corrected chi connectivity index (χ3v) is 4.08. The highest BCUT2D eigenvalue weighted by molar-refractivity contribution is 5.88. The van der Waals surface area contributed by atoms with Gasteiger partial charge in [-0.3, -0.25) is 4.79 Å². The number of amides is 1. The number of hydrogen-bond donors (Lipinski definition) is 1. The largest absolute Gasteiger partial charge is 0.476 e. The van der Waals surface area contributed by atoms with Crippen molar-refractivity contribution in [2.45, 2.75) is 32.7 Å². The van der Waals surface area contributed by atoms with Crippen molar-refractivity contribution in [3.05, 3.63) is 47.3 Å². The van der Waals surface area contributed by atoms with Crippen LogP contribution in [-0.4, -0.2) is 38.2 Å². The molecular weight excluding hydrogens is 294 g/mol. The van der Waals surface area contributed by atoms with E-state index in [-0.39, 0.29) is 11.6 Å². The van der Waals surface area contributed by atoms with Crippen molar-refractivity contribution in [2.75, 3.05) is 6.54 Å². The number of carboxylic acids is 1. The van der Waals surface area contributed by atoms with Crippen LogP contribution in [0.3, 0.4) is 0 Å². The Morgan fingerprint density at radius 2 is 2.00 bits per heavy atom. The number of benzene rings is 1. The summed E-state index contributed by atoms with van der Waals surface area (Å²) in [4.78, 5) is 25.4. The Labute approximate surface area is 134 Å². The summed E-state index contributed by atoms with van der Waals surface area (Å²) < 4.78 is 1.69. The van der Waals surface area contributed by atoms with Crippen molar-refractivity contribution in [1.82, 2.24) is 14.7 Å². The van der Waals surface area contributed by atoms with Gasteiger partial charge in [-0.15, -0.1) is 0 Å². The molecule has 1 aromatic carbocycles. The number of carbonyl (C=O) groups excluding carboxylic acids is 1. The second kappa shape index (κ2) is 6.24. The van der Waals surface area contributed by atoms with Gasteiger partial charge < -0.3 is 10.0 Å². The Morgan fingerprint density at radius 1 is 1.26 bits per heavy atom. The lowest BCUT2D eigenvalue weighted by molar-refractivity contribution is -0.132. The van der Waals surface area contributed by atoms with Gasteiger partial charge in [-0.2, -0.15) is 5.10 Å². The monoisotopic (exact) mass is 313 g/mol. The summed E-state index contributed by atoms with van der Waals surface area (Å²) >= 11 is 0. The van der Waals surface area contributed by atoms with Gasteiger partial charge in [-0.1, -0.05) is 25.1 Å². The van der Waals surface area contributed by atoms with Crippen LogP contribution in [0, 0.1) is 0 Å². The van der Waals surface area contributed by atoms with Crippen LogP contribution in [0.4, 0.5) is 0 Å². The number of carbonyl (C=O) groups is 2. The lowest BCUT2D eigenvalue weighted by atomic mass is 10.0. The maximum atomic E-state index is 12.1. The fourth-order valence-electron chi connectivity index (χ4n) is 2.96. The van der Waals surface area contributed by atoms with E-state index in [0.29, 0.717) is 31.5 Å². The van der Waals surface area contributed by atoms with Gasteiger partial charge in [0.15, 0.2) is 5.69 Å². The smallest absolute Gasteiger partial charge is 0.356 e. The molecule has 0 bridgehead atoms. The first-order valence-electron chi connectivity index (χ1n) is 7.79. The van der Waals surface area contributed by atoms with Gasteiger partial charge >= 0.3 is 5.97 Å². The maximum Gasteiger partial charge on any atom is 0.356 e. The first kappa shape index (κ1) is 15.3. The molecule has 120 valence electrons. The zero-order chi connectivity index (χ0) is 16.4. The molecule has 3 rings (SSSR count). The molecule has 0 saturated carbocycles. The molecule has 1 N–H and O–H groups in total. The molecule has 1 amide bonds. The van der Waals surface area contributed by atoms with Crippen molar-refractivity contribution in [1.29, 1.82) is 0 Å². The second-order valence-corrected chi connectivity index (χ2v) is 5.64. The molecule has 0 atom stereocenters. The maximum absolute atomic E-state index is 12.1. The second-order valence-electron chi connectivity index (χ2n) is 5.64. The first-order chi connectivity index (χ1) is 11.1. The zero-order valence-electron chi connectivity index (χ0n) is 13.0. The van der Waals surface area contributed by atoms with Crippen LogP contribution in [-0.2, 0) is 17.8 Å². The summed E-state index contributed by atoms with van der Waals surface area (Å²) in [6.07, 6.45) is 1.89. The van der Waals surface area contributed by atoms with Crippen molar-refractivity contribution in [3.63, 3.8) is 0 Å². The number of para-hydroxylation sites is 1. The van der Waals surface area contributed by atoms with Gasteiger partial charge in [0.1, 0.15) is 0 Å². The number of rotatable bonds is 4. The van der Waals surface area contributed by atoms with Gasteiger partial charge in [-0.05, 0) is 18.6 Å². The Morgan fingerprint density at radius 3 is 2.65 bits per heavy atom. The average Bonchev–Trinajstić information content (AvgIpc) is 2.95. The predicted octanol–water partition coefficient (Wildman–Crippen LogP) is 2.26. The van der Waals surface area contributed by atoms with Gasteiger partial charge in [0.25, 0.3) is 0 Å². The molecule has 1 aliphatic rings. The number of fused-ring (bicyclic) bond motifs is 1. The van der Waals surface area contributed by atoms with E-state index in [0.717, 1.165) is 17.8 Å². The fraction of sp³-hybridized carbons (Fsp3) is 0.353. The van der Waals surface area contributed by atoms with Crippen LogP contribution >= 0.6 is 0 Å². The molecule has 6 nitrogen and oxygen atoms in total. The predicted molar refractivity (Wildman–Crippen MR) is 84.6 cm³/mol. The van der Waals surface area contributed by atoms with Gasteiger partial charge in [-0.25, -0.2) is 9.48 Å². The molecule has 2 aromatic rings. The van der Waals surface area contributed by atoms with E-state index in [1.165, 1.54) is 0 Å². The minimum atomic E-state index is -1.05. The molecule has 2 heterocycles. The van der Waals surface area contributed by atoms with Crippen LogP contribution in [0.25, 0.3) is 5.69 Å². The molecule has 0 saturated heterocycles. The normalized spacial score (nSPS) is 13.7. The third-order valence-electron chi connectivity index (χ3n) is 4.08. The zero-order valence-corrected chi connectivity index (χ0v) is 13.0. The number of carboxylic acid groups (broad SMARTS) is 1. The van der Waals surface area contributed by atoms with Crippen molar-refractivity contribution < 1.29 is 14.7 Å². The first-order valence-corrected chi connectivity index (χ1v) is 7.79. The molecule has 0 fully saturated rings. The Bertz CT molecular complexity index is 737. The van der Waals surface area contributed by atoms with E-state index in [1.54, 1.807) is 9.58 Å². The van der Waals surface area contributed by atoms with Crippen LogP contribution in [0.15, 0.2) is 30.3 Å². The lowest BCUT2D eigenvalue weighted by Gasteiger charge is -2.27. The van der Waals surface area contributed by atoms with Crippen LogP contribution in [0.5, 0.6) is 0 Å². The molecule has 0 spiro atoms. The molecule has 0 unspecified atom stereocenters. The third kappa shape index (κ3) is 2.84. The number of aromatic nitrogens is 2. The molecule has 6 heteroatoms. The Hall–Kier alpha value is -2.63. The molecular formula is C17H19N3O3. The van der Waals surface area contributed by atoms with Crippen LogP contribution < -0.4 is 0 Å². The van der Waals surface area contributed by atoms with Gasteiger partial charge in [0.05, 0.1) is 11.4 Å². The molecule has 1 aromatic heterocycles. The topological polar surface area (TPSA) is 75.4 Å². The minimum Gasteiger partial charge on any atom is -0.476 e. The van der Waals surface area contributed by atoms with E-state index in [9.17, 15) is 14.7 Å². The Kier molecular flexibility index (Phi) is 4.14. The average molecular weight is 313 g/mol. The Balaban J connectivity index is 2.01. The molecule has 23 heavy (non-hydrogen) atoms. The van der Waals surface area contributed by atoms with Crippen molar-refractivity contribution in [3.8, 4) is 5.69 Å². The molecule has 1 aliphatic heterocycles. The van der Waals surface area contributed by atoms with Crippen LogP contribution in [0.2, 0.25) is 0 Å². The van der Waals surface area contributed by atoms with E-state index in [4.69, 9.17) is 0 Å². The fourth-order valence-corrected chi connectivity index (χ4v) is 2.96. The molecule has 0 aliphatic carbocycles. The number of nitrogens with zero attached hydrogens (tertiary/aromatic N) is 3. The van der Waals surface area contributed by atoms with E-state index >= 15 is 0 Å². The SMILES string of the molecule is CCCC(=O)N1CCc2c(c(C(=O)O)nn2-c2ccccc2)C1. The van der Waals surface area contributed by atoms with Gasteiger partial charge in [0, 0.05) is 31.5 Å². The van der Waals surface area contributed by atoms with Crippen LogP contribution in [0.1, 0.15) is 41.5 Å². The highest BCUT2D eigenvalue weighted by Gasteiger charge is 2.30. The van der Waals surface area contributed by atoms with Gasteiger partial charge in [0.2, 0.25) is 5.91 Å². The lowest BCUT2D eigenvalue weighted by Crippen LogP contribution is -2.36. The summed E-state index contributed by atoms with van der Waals surface area (Å²) in [5.74, 6) is -0.984. The number of aromatic carboxylic acids is 1.